The SMILES string of the molecule is c1cc(-c2cccc(-c3ccc4ccc5cccc6ccc3c4c56)c2)cc(-c2ccc3ccc4cccc5ccc2c3c45)c1.c1ccc(-c2cccc(-c3c4ccccc4c(-c4cccc5oc6cc7ccccc7cc6c45)c4ccccc34)c2)cc1. The Morgan fingerprint density at radius 1 is 0.161 bits per heavy atom. The maximum atomic E-state index is 6.50. The van der Waals surface area contributed by atoms with Crippen molar-refractivity contribution in [2.24, 2.45) is 0 Å². The highest BCUT2D eigenvalue weighted by Gasteiger charge is 2.22. The summed E-state index contributed by atoms with van der Waals surface area (Å²) in [6.45, 7) is 0. The molecule has 0 N–H and O–H groups in total. The van der Waals surface area contributed by atoms with Gasteiger partial charge in [0.15, 0.2) is 0 Å². The van der Waals surface area contributed by atoms with Crippen molar-refractivity contribution < 1.29 is 4.42 Å². The van der Waals surface area contributed by atoms with Gasteiger partial charge in [-0.2, -0.15) is 0 Å². The fourth-order valence-corrected chi connectivity index (χ4v) is 14.6. The van der Waals surface area contributed by atoms with E-state index in [-0.39, 0.29) is 0 Å². The Morgan fingerprint density at radius 2 is 0.540 bits per heavy atom. The van der Waals surface area contributed by atoms with Gasteiger partial charge in [-0.25, -0.2) is 0 Å². The molecule has 1 heterocycles. The van der Waals surface area contributed by atoms with Gasteiger partial charge in [-0.05, 0) is 200 Å². The lowest BCUT2D eigenvalue weighted by atomic mass is 9.84. The molecule has 0 saturated heterocycles. The van der Waals surface area contributed by atoms with Crippen molar-refractivity contribution in [3.63, 3.8) is 0 Å². The molecule has 18 aromatic carbocycles. The third-order valence-corrected chi connectivity index (χ3v) is 18.6. The summed E-state index contributed by atoms with van der Waals surface area (Å²) >= 11 is 0. The van der Waals surface area contributed by atoms with Crippen LogP contribution in [-0.2, 0) is 0 Å². The molecule has 0 fully saturated rings. The zero-order chi connectivity index (χ0) is 57.1. The number of furan rings is 1. The van der Waals surface area contributed by atoms with Crippen LogP contribution in [-0.4, -0.2) is 0 Å². The van der Waals surface area contributed by atoms with E-state index in [1.54, 1.807) is 0 Å². The van der Waals surface area contributed by atoms with Crippen LogP contribution in [0.2, 0.25) is 0 Å². The first kappa shape index (κ1) is 49.1. The summed E-state index contributed by atoms with van der Waals surface area (Å²) in [5, 5.41) is 25.6. The van der Waals surface area contributed by atoms with Gasteiger partial charge in [0, 0.05) is 10.8 Å². The second-order valence-electron chi connectivity index (χ2n) is 23.4. The van der Waals surface area contributed by atoms with Crippen LogP contribution in [0.3, 0.4) is 0 Å². The predicted molar refractivity (Wildman–Crippen MR) is 373 cm³/mol. The van der Waals surface area contributed by atoms with Gasteiger partial charge in [0.25, 0.3) is 0 Å². The van der Waals surface area contributed by atoms with E-state index in [0.717, 1.165) is 21.9 Å². The smallest absolute Gasteiger partial charge is 0.136 e. The summed E-state index contributed by atoms with van der Waals surface area (Å²) < 4.78 is 6.50. The Kier molecular flexibility index (Phi) is 11.1. The van der Waals surface area contributed by atoms with Crippen LogP contribution >= 0.6 is 0 Å². The van der Waals surface area contributed by atoms with E-state index in [2.05, 4.69) is 315 Å². The number of benzene rings is 18. The van der Waals surface area contributed by atoms with Crippen LogP contribution in [0.4, 0.5) is 0 Å². The van der Waals surface area contributed by atoms with Crippen molar-refractivity contribution in [2.45, 2.75) is 0 Å². The summed E-state index contributed by atoms with van der Waals surface area (Å²) in [7, 11) is 0. The highest BCUT2D eigenvalue weighted by Crippen LogP contribution is 2.49. The fourth-order valence-electron chi connectivity index (χ4n) is 14.6. The van der Waals surface area contributed by atoms with E-state index >= 15 is 0 Å². The summed E-state index contributed by atoms with van der Waals surface area (Å²) in [5.41, 5.74) is 16.7. The van der Waals surface area contributed by atoms with E-state index in [1.165, 1.54) is 164 Å². The monoisotopic (exact) mass is 1100 g/mol. The lowest BCUT2D eigenvalue weighted by molar-refractivity contribution is 0.669. The Labute approximate surface area is 502 Å². The molecule has 0 radical (unpaired) electrons. The molecular weight excluding hydrogens is 1050 g/mol. The molecule has 0 spiro atoms. The highest BCUT2D eigenvalue weighted by molar-refractivity contribution is 6.29. The summed E-state index contributed by atoms with van der Waals surface area (Å²) in [6.07, 6.45) is 0. The van der Waals surface area contributed by atoms with Gasteiger partial charge >= 0.3 is 0 Å². The molecule has 0 atom stereocenters. The third-order valence-electron chi connectivity index (χ3n) is 18.6. The quantitative estimate of drug-likeness (QED) is 0.119. The van der Waals surface area contributed by atoms with Crippen LogP contribution in [0, 0.1) is 0 Å². The number of hydrogen-bond acceptors (Lipinski definition) is 1. The van der Waals surface area contributed by atoms with Crippen molar-refractivity contribution in [1.82, 2.24) is 0 Å². The van der Waals surface area contributed by atoms with Crippen LogP contribution in [0.25, 0.3) is 186 Å². The van der Waals surface area contributed by atoms with Crippen molar-refractivity contribution in [1.29, 1.82) is 0 Å². The molecule has 87 heavy (non-hydrogen) atoms. The molecule has 0 aliphatic rings. The van der Waals surface area contributed by atoms with Crippen LogP contribution in [0.15, 0.2) is 320 Å². The highest BCUT2D eigenvalue weighted by atomic mass is 16.3. The zero-order valence-corrected chi connectivity index (χ0v) is 47.4. The molecule has 402 valence electrons. The first-order valence-electron chi connectivity index (χ1n) is 30.1. The van der Waals surface area contributed by atoms with Crippen molar-refractivity contribution >= 4 is 119 Å². The summed E-state index contributed by atoms with van der Waals surface area (Å²) in [5.74, 6) is 0. The number of fused-ring (bicyclic) bond motifs is 6. The van der Waals surface area contributed by atoms with Crippen molar-refractivity contribution in [3.8, 4) is 66.8 Å². The molecule has 1 nitrogen and oxygen atoms in total. The fraction of sp³-hybridized carbons (Fsp3) is 0. The summed E-state index contributed by atoms with van der Waals surface area (Å²) in [4.78, 5) is 0. The molecule has 0 aliphatic heterocycles. The van der Waals surface area contributed by atoms with E-state index < -0.39 is 0 Å². The minimum Gasteiger partial charge on any atom is -0.456 e. The lowest BCUT2D eigenvalue weighted by Gasteiger charge is -2.18. The lowest BCUT2D eigenvalue weighted by Crippen LogP contribution is -1.91. The van der Waals surface area contributed by atoms with Gasteiger partial charge in [-0.15, -0.1) is 0 Å². The van der Waals surface area contributed by atoms with E-state index in [1.807, 2.05) is 0 Å². The van der Waals surface area contributed by atoms with Gasteiger partial charge in [0.05, 0.1) is 0 Å². The van der Waals surface area contributed by atoms with Crippen LogP contribution in [0.5, 0.6) is 0 Å². The molecule has 0 bridgehead atoms. The van der Waals surface area contributed by atoms with Gasteiger partial charge < -0.3 is 4.42 Å². The second-order valence-corrected chi connectivity index (χ2v) is 23.4. The molecule has 1 aromatic heterocycles. The predicted octanol–water partition coefficient (Wildman–Crippen LogP) is 24.5. The van der Waals surface area contributed by atoms with Gasteiger partial charge in [0.1, 0.15) is 11.2 Å². The molecule has 0 saturated carbocycles. The van der Waals surface area contributed by atoms with E-state index in [0.29, 0.717) is 0 Å². The maximum Gasteiger partial charge on any atom is 0.136 e. The minimum atomic E-state index is 0.913. The second kappa shape index (κ2) is 19.6. The Balaban J connectivity index is 0.000000131. The van der Waals surface area contributed by atoms with Gasteiger partial charge in [-0.3, -0.25) is 0 Å². The molecule has 0 aliphatic carbocycles. The van der Waals surface area contributed by atoms with Crippen molar-refractivity contribution in [3.05, 3.63) is 315 Å². The third kappa shape index (κ3) is 7.87. The maximum absolute atomic E-state index is 6.50. The number of hydrogen-bond donors (Lipinski definition) is 0. The first-order chi connectivity index (χ1) is 43.1. The average molecular weight is 1100 g/mol. The van der Waals surface area contributed by atoms with Crippen molar-refractivity contribution in [2.75, 3.05) is 0 Å². The Bertz CT molecular complexity index is 5660. The van der Waals surface area contributed by atoms with E-state index in [4.69, 9.17) is 4.42 Å². The minimum absolute atomic E-state index is 0.913. The standard InChI is InChI=1S/C44H26.C42H26O/c1-5-27-13-15-31-17-21-37(39-23-19-29(7-1)41(27)43(31)39)35-11-3-9-33(25-35)34-10-4-12-36(26-34)38-22-18-32-16-14-28-6-2-8-30-20-24-40(38)44(32)42(28)30;1-2-12-27(13-3-1)28-16-10-17-31(24-28)40-32-18-6-8-20-34(32)41(35-21-9-7-19-33(35)40)36-22-11-23-38-42(36)37-25-29-14-4-5-15-30(29)26-39(37)43-38/h1-26H;1-26H. The largest absolute Gasteiger partial charge is 0.456 e. The van der Waals surface area contributed by atoms with Gasteiger partial charge in [-0.1, -0.05) is 279 Å². The van der Waals surface area contributed by atoms with Gasteiger partial charge in [0.2, 0.25) is 0 Å². The zero-order valence-electron chi connectivity index (χ0n) is 47.4. The van der Waals surface area contributed by atoms with Crippen LogP contribution in [0.1, 0.15) is 0 Å². The first-order valence-corrected chi connectivity index (χ1v) is 30.1. The number of rotatable bonds is 6. The molecular formula is C86H52O. The topological polar surface area (TPSA) is 13.1 Å². The molecule has 1 heteroatoms. The average Bonchev–Trinajstić information content (AvgIpc) is 1.79. The Hall–Kier alpha value is -11.4. The normalized spacial score (nSPS) is 11.9. The molecule has 19 aromatic rings. The summed E-state index contributed by atoms with van der Waals surface area (Å²) in [6, 6.07) is 115. The molecule has 19 rings (SSSR count). The molecule has 0 unspecified atom stereocenters. The van der Waals surface area contributed by atoms with E-state index in [9.17, 15) is 0 Å². The Morgan fingerprint density at radius 3 is 1.09 bits per heavy atom. The van der Waals surface area contributed by atoms with Crippen LogP contribution < -0.4 is 0 Å². The molecule has 0 amide bonds.